The van der Waals surface area contributed by atoms with Gasteiger partial charge in [0.15, 0.2) is 0 Å². The number of benzene rings is 1. The van der Waals surface area contributed by atoms with Crippen molar-refractivity contribution in [2.24, 2.45) is 0 Å². The fourth-order valence-corrected chi connectivity index (χ4v) is 1.22. The zero-order valence-electron chi connectivity index (χ0n) is 10.1. The van der Waals surface area contributed by atoms with Crippen molar-refractivity contribution < 1.29 is 14.7 Å². The Balaban J connectivity index is 2.89. The molecule has 1 aromatic rings. The van der Waals surface area contributed by atoms with Gasteiger partial charge in [-0.05, 0) is 26.0 Å². The van der Waals surface area contributed by atoms with Gasteiger partial charge in [-0.2, -0.15) is 0 Å². The molecule has 0 aliphatic heterocycles. The number of carboxylic acid groups (broad SMARTS) is 1. The van der Waals surface area contributed by atoms with Gasteiger partial charge in [0.2, 0.25) is 0 Å². The molecule has 5 heteroatoms. The topological polar surface area (TPSA) is 69.6 Å². The quantitative estimate of drug-likeness (QED) is 0.845. The predicted molar refractivity (Wildman–Crippen MR) is 65.3 cm³/mol. The number of nitrogens with one attached hydrogen (secondary N) is 1. The zero-order valence-corrected chi connectivity index (χ0v) is 10.1. The summed E-state index contributed by atoms with van der Waals surface area (Å²) in [6.07, 6.45) is 0. The molecule has 0 unspecified atom stereocenters. The average Bonchev–Trinajstić information content (AvgIpc) is 2.28. The first kappa shape index (κ1) is 13.0. The molecular weight excluding hydrogens is 220 g/mol. The Morgan fingerprint density at radius 3 is 2.41 bits per heavy atom. The first-order valence-corrected chi connectivity index (χ1v) is 5.29. The number of hydrogen-bond donors (Lipinski definition) is 2. The number of amides is 2. The van der Waals surface area contributed by atoms with Gasteiger partial charge >= 0.3 is 12.0 Å². The molecular formula is C12H16N2O3. The predicted octanol–water partition coefficient (Wildman–Crippen LogP) is 2.26. The van der Waals surface area contributed by atoms with Crippen LogP contribution < -0.4 is 5.32 Å². The number of hydrogen-bond acceptors (Lipinski definition) is 2. The first-order chi connectivity index (χ1) is 7.93. The molecule has 0 spiro atoms. The second kappa shape index (κ2) is 5.34. The minimum Gasteiger partial charge on any atom is -0.478 e. The number of rotatable bonds is 3. The van der Waals surface area contributed by atoms with E-state index in [1.165, 1.54) is 11.0 Å². The molecule has 2 amide bonds. The molecule has 1 rings (SSSR count). The molecule has 0 saturated heterocycles. The number of carbonyl (C=O) groups excluding carboxylic acids is 1. The lowest BCUT2D eigenvalue weighted by Crippen LogP contribution is -2.36. The maximum atomic E-state index is 11.8. The number of carbonyl (C=O) groups is 2. The minimum atomic E-state index is -1.06. The van der Waals surface area contributed by atoms with Crippen LogP contribution in [0.4, 0.5) is 10.5 Å². The summed E-state index contributed by atoms with van der Waals surface area (Å²) in [5, 5.41) is 11.5. The first-order valence-electron chi connectivity index (χ1n) is 5.29. The Bertz CT molecular complexity index is 430. The number of para-hydroxylation sites is 1. The highest BCUT2D eigenvalue weighted by molar-refractivity contribution is 5.99. The maximum Gasteiger partial charge on any atom is 0.337 e. The lowest BCUT2D eigenvalue weighted by molar-refractivity contribution is 0.0698. The monoisotopic (exact) mass is 236 g/mol. The summed E-state index contributed by atoms with van der Waals surface area (Å²) in [6, 6.07) is 6.03. The van der Waals surface area contributed by atoms with Gasteiger partial charge in [-0.15, -0.1) is 0 Å². The smallest absolute Gasteiger partial charge is 0.337 e. The molecule has 17 heavy (non-hydrogen) atoms. The van der Waals surface area contributed by atoms with Crippen LogP contribution in [0, 0.1) is 0 Å². The highest BCUT2D eigenvalue weighted by Gasteiger charge is 2.15. The second-order valence-corrected chi connectivity index (χ2v) is 3.99. The molecule has 0 aliphatic carbocycles. The van der Waals surface area contributed by atoms with Crippen molar-refractivity contribution in [2.75, 3.05) is 12.4 Å². The van der Waals surface area contributed by atoms with Crippen LogP contribution in [-0.2, 0) is 0 Å². The van der Waals surface area contributed by atoms with Crippen LogP contribution in [0.25, 0.3) is 0 Å². The molecule has 0 heterocycles. The van der Waals surface area contributed by atoms with E-state index in [0.717, 1.165) is 0 Å². The Morgan fingerprint density at radius 2 is 1.88 bits per heavy atom. The van der Waals surface area contributed by atoms with Crippen LogP contribution >= 0.6 is 0 Å². The fraction of sp³-hybridized carbons (Fsp3) is 0.333. The number of nitrogens with zero attached hydrogens (tertiary/aromatic N) is 1. The lowest BCUT2D eigenvalue weighted by Gasteiger charge is -2.22. The maximum absolute atomic E-state index is 11.8. The van der Waals surface area contributed by atoms with Crippen LogP contribution in [0.15, 0.2) is 24.3 Å². The number of anilines is 1. The third kappa shape index (κ3) is 3.21. The average molecular weight is 236 g/mol. The van der Waals surface area contributed by atoms with Gasteiger partial charge in [-0.3, -0.25) is 0 Å². The van der Waals surface area contributed by atoms with E-state index in [2.05, 4.69) is 5.32 Å². The van der Waals surface area contributed by atoms with E-state index in [1.54, 1.807) is 25.2 Å². The molecule has 0 atom stereocenters. The third-order valence-electron chi connectivity index (χ3n) is 2.49. The Kier molecular flexibility index (Phi) is 4.09. The van der Waals surface area contributed by atoms with E-state index in [-0.39, 0.29) is 17.6 Å². The van der Waals surface area contributed by atoms with Gasteiger partial charge in [0.05, 0.1) is 11.3 Å². The van der Waals surface area contributed by atoms with E-state index in [4.69, 9.17) is 5.11 Å². The number of carboxylic acids is 1. The van der Waals surface area contributed by atoms with Crippen LogP contribution in [0.1, 0.15) is 24.2 Å². The molecule has 1 aromatic carbocycles. The fourth-order valence-electron chi connectivity index (χ4n) is 1.22. The van der Waals surface area contributed by atoms with Crippen LogP contribution in [-0.4, -0.2) is 35.1 Å². The van der Waals surface area contributed by atoms with E-state index in [1.807, 2.05) is 13.8 Å². The summed E-state index contributed by atoms with van der Waals surface area (Å²) >= 11 is 0. The molecule has 5 nitrogen and oxygen atoms in total. The van der Waals surface area contributed by atoms with E-state index in [9.17, 15) is 9.59 Å². The normalized spacial score (nSPS) is 10.1. The van der Waals surface area contributed by atoms with E-state index >= 15 is 0 Å². The summed E-state index contributed by atoms with van der Waals surface area (Å²) in [7, 11) is 1.66. The van der Waals surface area contributed by atoms with Crippen molar-refractivity contribution in [2.45, 2.75) is 19.9 Å². The largest absolute Gasteiger partial charge is 0.478 e. The van der Waals surface area contributed by atoms with Crippen molar-refractivity contribution in [1.29, 1.82) is 0 Å². The number of aromatic carboxylic acids is 1. The van der Waals surface area contributed by atoms with Gasteiger partial charge in [-0.25, -0.2) is 9.59 Å². The van der Waals surface area contributed by atoms with E-state index < -0.39 is 5.97 Å². The highest BCUT2D eigenvalue weighted by Crippen LogP contribution is 2.15. The second-order valence-electron chi connectivity index (χ2n) is 3.99. The van der Waals surface area contributed by atoms with E-state index in [0.29, 0.717) is 5.69 Å². The molecule has 92 valence electrons. The summed E-state index contributed by atoms with van der Waals surface area (Å²) in [5.41, 5.74) is 0.385. The van der Waals surface area contributed by atoms with Crippen molar-refractivity contribution in [3.8, 4) is 0 Å². The van der Waals surface area contributed by atoms with Gasteiger partial charge in [0.1, 0.15) is 0 Å². The molecule has 0 aliphatic rings. The molecule has 2 N–H and O–H groups in total. The third-order valence-corrected chi connectivity index (χ3v) is 2.49. The summed E-state index contributed by atoms with van der Waals surface area (Å²) < 4.78 is 0. The van der Waals surface area contributed by atoms with Gasteiger partial charge < -0.3 is 15.3 Å². The molecule has 0 bridgehead atoms. The molecule has 0 fully saturated rings. The van der Waals surface area contributed by atoms with Crippen molar-refractivity contribution in [3.05, 3.63) is 29.8 Å². The number of urea groups is 1. The highest BCUT2D eigenvalue weighted by atomic mass is 16.4. The lowest BCUT2D eigenvalue weighted by atomic mass is 10.2. The zero-order chi connectivity index (χ0) is 13.0. The Hall–Kier alpha value is -2.04. The minimum absolute atomic E-state index is 0.0481. The van der Waals surface area contributed by atoms with Crippen LogP contribution in [0.3, 0.4) is 0 Å². The molecule has 0 saturated carbocycles. The van der Waals surface area contributed by atoms with Gasteiger partial charge in [0, 0.05) is 13.1 Å². The van der Waals surface area contributed by atoms with Crippen molar-refractivity contribution >= 4 is 17.7 Å². The van der Waals surface area contributed by atoms with Gasteiger partial charge in [0.25, 0.3) is 0 Å². The standard InChI is InChI=1S/C12H16N2O3/c1-8(2)14(3)12(17)13-10-7-5-4-6-9(10)11(15)16/h4-8H,1-3H3,(H,13,17)(H,15,16). The molecule has 0 aromatic heterocycles. The van der Waals surface area contributed by atoms with Gasteiger partial charge in [-0.1, -0.05) is 12.1 Å². The van der Waals surface area contributed by atoms with Crippen molar-refractivity contribution in [3.63, 3.8) is 0 Å². The Labute approximate surface area is 100 Å². The van der Waals surface area contributed by atoms with Crippen molar-refractivity contribution in [1.82, 2.24) is 4.90 Å². The Morgan fingerprint density at radius 1 is 1.29 bits per heavy atom. The SMILES string of the molecule is CC(C)N(C)C(=O)Nc1ccccc1C(=O)O. The van der Waals surface area contributed by atoms with Crippen LogP contribution in [0.2, 0.25) is 0 Å². The molecule has 0 radical (unpaired) electrons. The summed E-state index contributed by atoms with van der Waals surface area (Å²) in [4.78, 5) is 24.2. The van der Waals surface area contributed by atoms with Crippen LogP contribution in [0.5, 0.6) is 0 Å². The summed E-state index contributed by atoms with van der Waals surface area (Å²) in [6.45, 7) is 3.76. The summed E-state index contributed by atoms with van der Waals surface area (Å²) in [5.74, 6) is -1.06.